The van der Waals surface area contributed by atoms with Gasteiger partial charge in [0.05, 0.1) is 11.0 Å². The fourth-order valence-corrected chi connectivity index (χ4v) is 1.60. The molecular weight excluding hydrogens is 238 g/mol. The summed E-state index contributed by atoms with van der Waals surface area (Å²) >= 11 is 4.03. The highest BCUT2D eigenvalue weighted by Crippen LogP contribution is 2.27. The fraction of sp³-hybridized carbons (Fsp3) is 0.333. The number of hydrogen-bond donors (Lipinski definition) is 1. The molecule has 0 aliphatic rings. The minimum atomic E-state index is -0.398. The first-order chi connectivity index (χ1) is 8.06. The third-order valence-corrected chi connectivity index (χ3v) is 2.51. The molecule has 0 heterocycles. The van der Waals surface area contributed by atoms with E-state index in [4.69, 9.17) is 4.74 Å². The van der Waals surface area contributed by atoms with E-state index in [-0.39, 0.29) is 5.69 Å². The highest BCUT2D eigenvalue weighted by Gasteiger charge is 2.13. The second-order valence-corrected chi connectivity index (χ2v) is 3.99. The lowest BCUT2D eigenvalue weighted by atomic mass is 10.1. The Morgan fingerprint density at radius 2 is 2.06 bits per heavy atom. The number of benzene rings is 1. The SMILES string of the molecule is Cc1cc(C)c([N+](=O)[O-])cc1OC/C=C/CS. The summed E-state index contributed by atoms with van der Waals surface area (Å²) in [5.41, 5.74) is 1.63. The first-order valence-corrected chi connectivity index (χ1v) is 5.83. The van der Waals surface area contributed by atoms with Crippen LogP contribution in [-0.4, -0.2) is 17.3 Å². The van der Waals surface area contributed by atoms with Crippen LogP contribution in [0.25, 0.3) is 0 Å². The van der Waals surface area contributed by atoms with Gasteiger partial charge >= 0.3 is 0 Å². The summed E-state index contributed by atoms with van der Waals surface area (Å²) in [7, 11) is 0. The number of nitro groups is 1. The number of nitro benzene ring substituents is 1. The van der Waals surface area contributed by atoms with Gasteiger partial charge in [0, 0.05) is 11.3 Å². The van der Waals surface area contributed by atoms with Crippen LogP contribution in [0, 0.1) is 24.0 Å². The van der Waals surface area contributed by atoms with Gasteiger partial charge in [0.15, 0.2) is 0 Å². The van der Waals surface area contributed by atoms with Gasteiger partial charge in [0.2, 0.25) is 0 Å². The molecule has 0 aliphatic carbocycles. The van der Waals surface area contributed by atoms with E-state index in [9.17, 15) is 10.1 Å². The molecule has 0 spiro atoms. The van der Waals surface area contributed by atoms with E-state index in [1.165, 1.54) is 6.07 Å². The average Bonchev–Trinajstić information content (AvgIpc) is 2.26. The van der Waals surface area contributed by atoms with Gasteiger partial charge in [-0.3, -0.25) is 10.1 Å². The molecule has 0 N–H and O–H groups in total. The maximum absolute atomic E-state index is 10.8. The number of aryl methyl sites for hydroxylation is 2. The zero-order valence-corrected chi connectivity index (χ0v) is 10.7. The molecule has 0 bridgehead atoms. The molecule has 0 saturated carbocycles. The molecule has 92 valence electrons. The first kappa shape index (κ1) is 13.6. The third kappa shape index (κ3) is 3.78. The van der Waals surface area contributed by atoms with Crippen LogP contribution in [0.15, 0.2) is 24.3 Å². The molecule has 0 radical (unpaired) electrons. The van der Waals surface area contributed by atoms with Gasteiger partial charge in [-0.25, -0.2) is 0 Å². The molecule has 0 saturated heterocycles. The minimum absolute atomic E-state index is 0.0868. The maximum atomic E-state index is 10.8. The van der Waals surface area contributed by atoms with Gasteiger partial charge in [-0.2, -0.15) is 12.6 Å². The normalized spacial score (nSPS) is 10.8. The molecule has 0 aliphatic heterocycles. The number of nitrogens with zero attached hydrogens (tertiary/aromatic N) is 1. The summed E-state index contributed by atoms with van der Waals surface area (Å²) < 4.78 is 5.46. The smallest absolute Gasteiger partial charge is 0.276 e. The van der Waals surface area contributed by atoms with Crippen LogP contribution >= 0.6 is 12.6 Å². The summed E-state index contributed by atoms with van der Waals surface area (Å²) in [6, 6.07) is 3.23. The van der Waals surface area contributed by atoms with Crippen molar-refractivity contribution in [2.45, 2.75) is 13.8 Å². The summed E-state index contributed by atoms with van der Waals surface area (Å²) in [5, 5.41) is 10.8. The molecule has 0 atom stereocenters. The Morgan fingerprint density at radius 1 is 1.35 bits per heavy atom. The van der Waals surface area contributed by atoms with Crippen LogP contribution in [0.1, 0.15) is 11.1 Å². The molecule has 0 aromatic heterocycles. The van der Waals surface area contributed by atoms with E-state index in [0.29, 0.717) is 23.7 Å². The summed E-state index contributed by atoms with van der Waals surface area (Å²) in [5.74, 6) is 1.20. The van der Waals surface area contributed by atoms with Gasteiger partial charge in [0.25, 0.3) is 5.69 Å². The van der Waals surface area contributed by atoms with E-state index < -0.39 is 4.92 Å². The van der Waals surface area contributed by atoms with Gasteiger partial charge in [-0.1, -0.05) is 12.2 Å². The van der Waals surface area contributed by atoms with Crippen molar-refractivity contribution in [2.75, 3.05) is 12.4 Å². The lowest BCUT2D eigenvalue weighted by molar-refractivity contribution is -0.385. The third-order valence-electron chi connectivity index (χ3n) is 2.30. The zero-order chi connectivity index (χ0) is 12.8. The molecule has 4 nitrogen and oxygen atoms in total. The lowest BCUT2D eigenvalue weighted by Gasteiger charge is -2.08. The Bertz CT molecular complexity index is 444. The second-order valence-electron chi connectivity index (χ2n) is 3.63. The van der Waals surface area contributed by atoms with Crippen molar-refractivity contribution in [3.05, 3.63) is 45.5 Å². The van der Waals surface area contributed by atoms with Crippen LogP contribution < -0.4 is 4.74 Å². The Hall–Kier alpha value is -1.49. The van der Waals surface area contributed by atoms with Crippen molar-refractivity contribution < 1.29 is 9.66 Å². The zero-order valence-electron chi connectivity index (χ0n) is 9.84. The molecule has 1 aromatic rings. The predicted molar refractivity (Wildman–Crippen MR) is 71.1 cm³/mol. The van der Waals surface area contributed by atoms with Crippen LogP contribution in [0.2, 0.25) is 0 Å². The number of ether oxygens (including phenoxy) is 1. The summed E-state index contributed by atoms with van der Waals surface area (Å²) in [6.45, 7) is 3.98. The standard InChI is InChI=1S/C12H15NO3S/c1-9-7-10(2)12(8-11(9)13(14)15)16-5-3-4-6-17/h3-4,7-8,17H,5-6H2,1-2H3/b4-3+. The summed E-state index contributed by atoms with van der Waals surface area (Å²) in [4.78, 5) is 10.4. The van der Waals surface area contributed by atoms with E-state index in [2.05, 4.69) is 12.6 Å². The van der Waals surface area contributed by atoms with Crippen LogP contribution in [-0.2, 0) is 0 Å². The van der Waals surface area contributed by atoms with E-state index in [1.54, 1.807) is 13.0 Å². The lowest BCUT2D eigenvalue weighted by Crippen LogP contribution is -1.99. The number of rotatable bonds is 5. The van der Waals surface area contributed by atoms with Crippen LogP contribution in [0.3, 0.4) is 0 Å². The number of hydrogen-bond acceptors (Lipinski definition) is 4. The van der Waals surface area contributed by atoms with Crippen molar-refractivity contribution in [3.63, 3.8) is 0 Å². The van der Waals surface area contributed by atoms with Gasteiger partial charge < -0.3 is 4.74 Å². The number of thiol groups is 1. The van der Waals surface area contributed by atoms with Crippen molar-refractivity contribution in [1.29, 1.82) is 0 Å². The highest BCUT2D eigenvalue weighted by molar-refractivity contribution is 7.80. The Morgan fingerprint density at radius 3 is 2.65 bits per heavy atom. The van der Waals surface area contributed by atoms with E-state index in [1.807, 2.05) is 19.1 Å². The molecule has 17 heavy (non-hydrogen) atoms. The predicted octanol–water partition coefficient (Wildman–Crippen LogP) is 3.08. The van der Waals surface area contributed by atoms with Crippen LogP contribution in [0.5, 0.6) is 5.75 Å². The van der Waals surface area contributed by atoms with Gasteiger partial charge in [-0.05, 0) is 25.5 Å². The molecule has 0 amide bonds. The van der Waals surface area contributed by atoms with Crippen LogP contribution in [0.4, 0.5) is 5.69 Å². The highest BCUT2D eigenvalue weighted by atomic mass is 32.1. The molecule has 0 unspecified atom stereocenters. The Kier molecular flexibility index (Phi) is 5.03. The van der Waals surface area contributed by atoms with E-state index >= 15 is 0 Å². The maximum Gasteiger partial charge on any atom is 0.276 e. The van der Waals surface area contributed by atoms with E-state index in [0.717, 1.165) is 5.56 Å². The molecule has 1 aromatic carbocycles. The van der Waals surface area contributed by atoms with Crippen molar-refractivity contribution in [1.82, 2.24) is 0 Å². The second kappa shape index (κ2) is 6.30. The van der Waals surface area contributed by atoms with Gasteiger partial charge in [-0.15, -0.1) is 0 Å². The van der Waals surface area contributed by atoms with Crippen molar-refractivity contribution in [2.24, 2.45) is 0 Å². The minimum Gasteiger partial charge on any atom is -0.489 e. The molecule has 5 heteroatoms. The average molecular weight is 253 g/mol. The fourth-order valence-electron chi connectivity index (χ4n) is 1.45. The topological polar surface area (TPSA) is 52.4 Å². The van der Waals surface area contributed by atoms with Crippen molar-refractivity contribution >= 4 is 18.3 Å². The Labute approximate surface area is 106 Å². The molecule has 0 fully saturated rings. The Balaban J connectivity index is 2.88. The quantitative estimate of drug-likeness (QED) is 0.380. The van der Waals surface area contributed by atoms with Crippen molar-refractivity contribution in [3.8, 4) is 5.75 Å². The first-order valence-electron chi connectivity index (χ1n) is 5.20. The largest absolute Gasteiger partial charge is 0.489 e. The monoisotopic (exact) mass is 253 g/mol. The van der Waals surface area contributed by atoms with Gasteiger partial charge in [0.1, 0.15) is 12.4 Å². The molecule has 1 rings (SSSR count). The summed E-state index contributed by atoms with van der Waals surface area (Å²) in [6.07, 6.45) is 3.69. The molecular formula is C12H15NO3S.